The van der Waals surface area contributed by atoms with Crippen LogP contribution >= 0.6 is 23.2 Å². The van der Waals surface area contributed by atoms with E-state index in [1.807, 2.05) is 0 Å². The van der Waals surface area contributed by atoms with Crippen molar-refractivity contribution in [2.75, 3.05) is 12.3 Å². The van der Waals surface area contributed by atoms with Gasteiger partial charge in [0, 0.05) is 5.69 Å². The molecule has 0 heterocycles. The van der Waals surface area contributed by atoms with Crippen molar-refractivity contribution in [3.63, 3.8) is 0 Å². The monoisotopic (exact) mass is 303 g/mol. The smallest absolute Gasteiger partial charge is 0.339 e. The third-order valence-corrected chi connectivity index (χ3v) is 3.55. The SMILES string of the molecule is CCCCCCCOC(=O)c1cc(N)cc(Cl)c1Cl. The Labute approximate surface area is 124 Å². The van der Waals surface area contributed by atoms with E-state index in [4.69, 9.17) is 33.7 Å². The molecular weight excluding hydrogens is 285 g/mol. The molecule has 3 nitrogen and oxygen atoms in total. The van der Waals surface area contributed by atoms with E-state index < -0.39 is 5.97 Å². The van der Waals surface area contributed by atoms with Gasteiger partial charge >= 0.3 is 5.97 Å². The van der Waals surface area contributed by atoms with Crippen LogP contribution in [-0.2, 0) is 4.74 Å². The van der Waals surface area contributed by atoms with E-state index in [-0.39, 0.29) is 15.6 Å². The maximum atomic E-state index is 11.8. The first kappa shape index (κ1) is 16.1. The van der Waals surface area contributed by atoms with Gasteiger partial charge in [-0.05, 0) is 18.6 Å². The van der Waals surface area contributed by atoms with Crippen LogP contribution in [0.25, 0.3) is 0 Å². The lowest BCUT2D eigenvalue weighted by molar-refractivity contribution is 0.0498. The summed E-state index contributed by atoms with van der Waals surface area (Å²) >= 11 is 11.8. The molecule has 0 unspecified atom stereocenters. The Morgan fingerprint density at radius 1 is 1.21 bits per heavy atom. The summed E-state index contributed by atoms with van der Waals surface area (Å²) in [5, 5.41) is 0.448. The number of nitrogen functional groups attached to an aromatic ring is 1. The van der Waals surface area contributed by atoms with Crippen molar-refractivity contribution in [1.29, 1.82) is 0 Å². The number of unbranched alkanes of at least 4 members (excludes halogenated alkanes) is 4. The fourth-order valence-electron chi connectivity index (χ4n) is 1.71. The van der Waals surface area contributed by atoms with Crippen LogP contribution in [0.2, 0.25) is 10.0 Å². The van der Waals surface area contributed by atoms with Gasteiger partial charge in [-0.15, -0.1) is 0 Å². The van der Waals surface area contributed by atoms with Crippen molar-refractivity contribution < 1.29 is 9.53 Å². The van der Waals surface area contributed by atoms with Gasteiger partial charge in [-0.25, -0.2) is 4.79 Å². The summed E-state index contributed by atoms with van der Waals surface area (Å²) in [7, 11) is 0. The molecule has 1 aromatic carbocycles. The number of esters is 1. The zero-order valence-electron chi connectivity index (χ0n) is 11.0. The maximum absolute atomic E-state index is 11.8. The third kappa shape index (κ3) is 5.29. The number of carbonyl (C=O) groups excluding carboxylic acids is 1. The molecule has 0 radical (unpaired) electrons. The van der Waals surface area contributed by atoms with Crippen molar-refractivity contribution >= 4 is 34.9 Å². The molecule has 0 saturated heterocycles. The van der Waals surface area contributed by atoms with Gasteiger partial charge in [-0.2, -0.15) is 0 Å². The van der Waals surface area contributed by atoms with Crippen LogP contribution < -0.4 is 5.73 Å². The lowest BCUT2D eigenvalue weighted by Gasteiger charge is -2.08. The molecule has 0 bridgehead atoms. The highest BCUT2D eigenvalue weighted by atomic mass is 35.5. The van der Waals surface area contributed by atoms with Crippen LogP contribution in [-0.4, -0.2) is 12.6 Å². The first-order valence-corrected chi connectivity index (χ1v) is 7.23. The van der Waals surface area contributed by atoms with Gasteiger partial charge in [-0.1, -0.05) is 55.8 Å². The van der Waals surface area contributed by atoms with Crippen LogP contribution in [0.4, 0.5) is 5.69 Å². The average Bonchev–Trinajstić information content (AvgIpc) is 2.37. The largest absolute Gasteiger partial charge is 0.462 e. The van der Waals surface area contributed by atoms with Crippen molar-refractivity contribution in [2.24, 2.45) is 0 Å². The number of rotatable bonds is 7. The van der Waals surface area contributed by atoms with Crippen LogP contribution in [0, 0.1) is 0 Å². The number of benzene rings is 1. The van der Waals surface area contributed by atoms with Crippen molar-refractivity contribution in [1.82, 2.24) is 0 Å². The molecule has 0 spiro atoms. The van der Waals surface area contributed by atoms with Gasteiger partial charge in [0.15, 0.2) is 0 Å². The molecule has 0 atom stereocenters. The number of halogens is 2. The molecule has 0 saturated carbocycles. The van der Waals surface area contributed by atoms with E-state index in [1.165, 1.54) is 31.4 Å². The molecular formula is C14H19Cl2NO2. The van der Waals surface area contributed by atoms with E-state index in [0.717, 1.165) is 12.8 Å². The molecule has 0 amide bonds. The van der Waals surface area contributed by atoms with Crippen molar-refractivity contribution in [2.45, 2.75) is 39.0 Å². The second kappa shape index (κ2) is 8.28. The highest BCUT2D eigenvalue weighted by molar-refractivity contribution is 6.44. The second-order valence-corrected chi connectivity index (χ2v) is 5.20. The molecule has 5 heteroatoms. The van der Waals surface area contributed by atoms with E-state index in [9.17, 15) is 4.79 Å². The zero-order chi connectivity index (χ0) is 14.3. The fraction of sp³-hybridized carbons (Fsp3) is 0.500. The predicted octanol–water partition coefficient (Wildman–Crippen LogP) is 4.70. The van der Waals surface area contributed by atoms with Crippen LogP contribution in [0.15, 0.2) is 12.1 Å². The maximum Gasteiger partial charge on any atom is 0.339 e. The number of anilines is 1. The summed E-state index contributed by atoms with van der Waals surface area (Å²) in [5.74, 6) is -0.477. The van der Waals surface area contributed by atoms with Gasteiger partial charge in [0.25, 0.3) is 0 Å². The second-order valence-electron chi connectivity index (χ2n) is 4.41. The molecule has 1 rings (SSSR count). The number of ether oxygens (including phenoxy) is 1. The molecule has 0 aliphatic rings. The van der Waals surface area contributed by atoms with Crippen LogP contribution in [0.3, 0.4) is 0 Å². The summed E-state index contributed by atoms with van der Waals surface area (Å²) in [4.78, 5) is 11.8. The minimum absolute atomic E-state index is 0.187. The quantitative estimate of drug-likeness (QED) is 0.451. The van der Waals surface area contributed by atoms with Gasteiger partial charge in [-0.3, -0.25) is 0 Å². The normalized spacial score (nSPS) is 10.5. The van der Waals surface area contributed by atoms with E-state index in [2.05, 4.69) is 6.92 Å². The van der Waals surface area contributed by atoms with Crippen LogP contribution in [0.5, 0.6) is 0 Å². The minimum Gasteiger partial charge on any atom is -0.462 e. The average molecular weight is 304 g/mol. The lowest BCUT2D eigenvalue weighted by atomic mass is 10.1. The van der Waals surface area contributed by atoms with Gasteiger partial charge in [0.1, 0.15) is 0 Å². The Kier molecular flexibility index (Phi) is 7.03. The highest BCUT2D eigenvalue weighted by Crippen LogP contribution is 2.29. The Hall–Kier alpha value is -0.930. The Bertz CT molecular complexity index is 436. The molecule has 2 N–H and O–H groups in total. The topological polar surface area (TPSA) is 52.3 Å². The number of hydrogen-bond donors (Lipinski definition) is 1. The molecule has 0 aliphatic carbocycles. The Morgan fingerprint density at radius 2 is 1.89 bits per heavy atom. The Morgan fingerprint density at radius 3 is 2.58 bits per heavy atom. The Balaban J connectivity index is 2.46. The predicted molar refractivity (Wildman–Crippen MR) is 79.9 cm³/mol. The van der Waals surface area contributed by atoms with E-state index in [0.29, 0.717) is 12.3 Å². The van der Waals surface area contributed by atoms with E-state index >= 15 is 0 Å². The number of carbonyl (C=O) groups is 1. The molecule has 19 heavy (non-hydrogen) atoms. The zero-order valence-corrected chi connectivity index (χ0v) is 12.6. The van der Waals surface area contributed by atoms with E-state index in [1.54, 1.807) is 0 Å². The van der Waals surface area contributed by atoms with Crippen molar-refractivity contribution in [3.05, 3.63) is 27.7 Å². The molecule has 0 aromatic heterocycles. The molecule has 0 fully saturated rings. The molecule has 106 valence electrons. The third-order valence-electron chi connectivity index (χ3n) is 2.75. The van der Waals surface area contributed by atoms with Gasteiger partial charge in [0.05, 0.1) is 22.2 Å². The minimum atomic E-state index is -0.477. The first-order valence-electron chi connectivity index (χ1n) is 6.48. The van der Waals surface area contributed by atoms with Crippen LogP contribution in [0.1, 0.15) is 49.4 Å². The summed E-state index contributed by atoms with van der Waals surface area (Å²) < 4.78 is 5.16. The summed E-state index contributed by atoms with van der Waals surface area (Å²) in [6.45, 7) is 2.55. The highest BCUT2D eigenvalue weighted by Gasteiger charge is 2.15. The standard InChI is InChI=1S/C14H19Cl2NO2/c1-2-3-4-5-6-7-19-14(18)11-8-10(17)9-12(15)13(11)16/h8-9H,2-7,17H2,1H3. The van der Waals surface area contributed by atoms with Crippen molar-refractivity contribution in [3.8, 4) is 0 Å². The van der Waals surface area contributed by atoms with Gasteiger partial charge in [0.2, 0.25) is 0 Å². The van der Waals surface area contributed by atoms with Gasteiger partial charge < -0.3 is 10.5 Å². The number of nitrogens with two attached hydrogens (primary N) is 1. The lowest BCUT2D eigenvalue weighted by Crippen LogP contribution is -2.08. The molecule has 1 aromatic rings. The fourth-order valence-corrected chi connectivity index (χ4v) is 2.12. The number of hydrogen-bond acceptors (Lipinski definition) is 3. The molecule has 0 aliphatic heterocycles. The summed E-state index contributed by atoms with van der Waals surface area (Å²) in [6.07, 6.45) is 5.49. The summed E-state index contributed by atoms with van der Waals surface area (Å²) in [5.41, 5.74) is 6.24. The summed E-state index contributed by atoms with van der Waals surface area (Å²) in [6, 6.07) is 2.99. The first-order chi connectivity index (χ1) is 9.06.